The van der Waals surface area contributed by atoms with Gasteiger partial charge in [-0.2, -0.15) is 0 Å². The lowest BCUT2D eigenvalue weighted by Gasteiger charge is -2.49. The number of rotatable bonds is 6. The van der Waals surface area contributed by atoms with E-state index in [9.17, 15) is 10.0 Å². The maximum absolute atomic E-state index is 13.5. The first-order valence-corrected chi connectivity index (χ1v) is 15.2. The van der Waals surface area contributed by atoms with Crippen LogP contribution in [0.5, 0.6) is 5.88 Å². The lowest BCUT2D eigenvalue weighted by atomic mass is 9.82. The number of benzene rings is 2. The van der Waals surface area contributed by atoms with Crippen LogP contribution in [0.4, 0.5) is 0 Å². The van der Waals surface area contributed by atoms with Crippen molar-refractivity contribution >= 4 is 32.7 Å². The van der Waals surface area contributed by atoms with Crippen LogP contribution in [0.25, 0.3) is 10.9 Å². The Balaban J connectivity index is 1.10. The van der Waals surface area contributed by atoms with Crippen molar-refractivity contribution in [3.8, 4) is 5.88 Å². The smallest absolute Gasteiger partial charge is 0.265 e. The van der Waals surface area contributed by atoms with Gasteiger partial charge >= 0.3 is 0 Å². The summed E-state index contributed by atoms with van der Waals surface area (Å²) < 4.78 is 8.63. The number of carbonyl (C=O) groups excluding carboxylic acids is 1. The Kier molecular flexibility index (Phi) is 7.95. The van der Waals surface area contributed by atoms with Gasteiger partial charge in [0, 0.05) is 58.1 Å². The highest BCUT2D eigenvalue weighted by atomic mass is 79.9. The first kappa shape index (κ1) is 27.7. The molecule has 2 saturated heterocycles. The van der Waals surface area contributed by atoms with Crippen LogP contribution in [-0.4, -0.2) is 57.6 Å². The van der Waals surface area contributed by atoms with Gasteiger partial charge in [-0.3, -0.25) is 14.9 Å². The lowest BCUT2D eigenvalue weighted by molar-refractivity contribution is -0.884. The van der Waals surface area contributed by atoms with Gasteiger partial charge in [0.2, 0.25) is 12.1 Å². The van der Waals surface area contributed by atoms with Gasteiger partial charge in [-0.05, 0) is 75.5 Å². The molecule has 4 aromatic rings. The quantitative estimate of drug-likeness (QED) is 0.211. The number of carbonyl (C=O) groups is 1. The first-order valence-electron chi connectivity index (χ1n) is 14.4. The van der Waals surface area contributed by atoms with E-state index in [0.717, 1.165) is 66.5 Å². The van der Waals surface area contributed by atoms with Gasteiger partial charge < -0.3 is 9.64 Å². The van der Waals surface area contributed by atoms with Crippen LogP contribution in [0.1, 0.15) is 54.6 Å². The minimum absolute atomic E-state index is 0.0339. The standard InChI is InChI=1S/C33H36BrN4O3/c1-33(16-22-36(23-17-33)32(39)28-15-21-38(40)29-7-3-2-6-27(28)29)37-19-13-25(14-20-37)31(24-9-11-26(34)12-10-24)41-30-8-4-5-18-35-30/h2-12,15,18,21,25,31,40H,13-14,16-17,19-20,22-23H2,1H3/q+1. The minimum atomic E-state index is -0.0503. The topological polar surface area (TPSA) is 69.8 Å². The Bertz CT molecular complexity index is 1500. The van der Waals surface area contributed by atoms with Gasteiger partial charge in [-0.25, -0.2) is 4.98 Å². The van der Waals surface area contributed by atoms with Crippen LogP contribution >= 0.6 is 15.9 Å². The number of ether oxygens (including phenoxy) is 1. The summed E-state index contributed by atoms with van der Waals surface area (Å²) in [6, 6.07) is 23.5. The molecule has 8 heteroatoms. The van der Waals surface area contributed by atoms with Gasteiger partial charge in [-0.1, -0.05) is 46.3 Å². The summed E-state index contributed by atoms with van der Waals surface area (Å²) in [6.07, 6.45) is 7.24. The molecule has 1 unspecified atom stereocenters. The molecule has 2 aromatic carbocycles. The summed E-state index contributed by atoms with van der Waals surface area (Å²) in [5.41, 5.74) is 2.51. The van der Waals surface area contributed by atoms with E-state index in [0.29, 0.717) is 22.9 Å². The van der Waals surface area contributed by atoms with Crippen LogP contribution in [-0.2, 0) is 0 Å². The molecule has 6 rings (SSSR count). The normalized spacial score (nSPS) is 18.7. The summed E-state index contributed by atoms with van der Waals surface area (Å²) in [5.74, 6) is 1.08. The molecule has 2 aromatic heterocycles. The van der Waals surface area contributed by atoms with Crippen LogP contribution in [0.15, 0.2) is 89.7 Å². The second-order valence-electron chi connectivity index (χ2n) is 11.5. The third kappa shape index (κ3) is 5.81. The molecular formula is C33H36BrN4O3+. The lowest BCUT2D eigenvalue weighted by Crippen LogP contribution is -2.56. The highest BCUT2D eigenvalue weighted by Crippen LogP contribution is 2.39. The van der Waals surface area contributed by atoms with Gasteiger partial charge in [0.15, 0.2) is 0 Å². The van der Waals surface area contributed by atoms with Crippen molar-refractivity contribution in [2.75, 3.05) is 26.2 Å². The summed E-state index contributed by atoms with van der Waals surface area (Å²) in [6.45, 7) is 5.82. The Morgan fingerprint density at radius 2 is 1.71 bits per heavy atom. The molecule has 0 aliphatic carbocycles. The van der Waals surface area contributed by atoms with Gasteiger partial charge in [-0.15, -0.1) is 0 Å². The van der Waals surface area contributed by atoms with Crippen molar-refractivity contribution in [3.63, 3.8) is 0 Å². The zero-order valence-electron chi connectivity index (χ0n) is 23.3. The van der Waals surface area contributed by atoms with E-state index in [-0.39, 0.29) is 17.6 Å². The van der Waals surface area contributed by atoms with E-state index in [1.807, 2.05) is 47.4 Å². The zero-order valence-corrected chi connectivity index (χ0v) is 24.9. The van der Waals surface area contributed by atoms with Crippen molar-refractivity contribution in [2.24, 2.45) is 5.92 Å². The van der Waals surface area contributed by atoms with Crippen LogP contribution in [0.2, 0.25) is 0 Å². The number of fused-ring (bicyclic) bond motifs is 1. The van der Waals surface area contributed by atoms with Crippen molar-refractivity contribution in [3.05, 3.63) is 101 Å². The molecule has 1 N–H and O–H groups in total. The molecule has 1 amide bonds. The monoisotopic (exact) mass is 615 g/mol. The number of para-hydroxylation sites is 1. The zero-order chi connectivity index (χ0) is 28.4. The van der Waals surface area contributed by atoms with Crippen LogP contribution in [0.3, 0.4) is 0 Å². The molecule has 2 aliphatic rings. The van der Waals surface area contributed by atoms with Gasteiger partial charge in [0.1, 0.15) is 6.10 Å². The van der Waals surface area contributed by atoms with Crippen LogP contribution < -0.4 is 9.47 Å². The van der Waals surface area contributed by atoms with E-state index in [2.05, 4.69) is 57.0 Å². The number of nitrogens with zero attached hydrogens (tertiary/aromatic N) is 4. The maximum atomic E-state index is 13.5. The Morgan fingerprint density at radius 3 is 2.41 bits per heavy atom. The number of hydrogen-bond acceptors (Lipinski definition) is 5. The first-order chi connectivity index (χ1) is 19.9. The molecular weight excluding hydrogens is 580 g/mol. The molecule has 41 heavy (non-hydrogen) atoms. The second-order valence-corrected chi connectivity index (χ2v) is 12.4. The van der Waals surface area contributed by atoms with Crippen LogP contribution in [0, 0.1) is 5.92 Å². The molecule has 0 bridgehead atoms. The number of aromatic nitrogens is 2. The third-order valence-electron chi connectivity index (χ3n) is 9.00. The maximum Gasteiger partial charge on any atom is 0.265 e. The SMILES string of the molecule is CC1(N2CCC(C(Oc3ccccn3)c3ccc(Br)cc3)CC2)CCN(C(=O)c2cc[n+](O)c3ccccc23)CC1. The van der Waals surface area contributed by atoms with Crippen molar-refractivity contribution in [2.45, 2.75) is 44.2 Å². The Labute approximate surface area is 249 Å². The van der Waals surface area contributed by atoms with E-state index in [1.54, 1.807) is 18.5 Å². The Morgan fingerprint density at radius 1 is 1.00 bits per heavy atom. The van der Waals surface area contributed by atoms with E-state index in [4.69, 9.17) is 4.74 Å². The fourth-order valence-electron chi connectivity index (χ4n) is 6.46. The molecule has 2 aliphatic heterocycles. The molecule has 0 saturated carbocycles. The number of pyridine rings is 2. The summed E-state index contributed by atoms with van der Waals surface area (Å²) in [5, 5.41) is 10.9. The molecule has 7 nitrogen and oxygen atoms in total. The molecule has 212 valence electrons. The van der Waals surface area contributed by atoms with E-state index < -0.39 is 0 Å². The molecule has 0 spiro atoms. The number of hydrogen-bond donors (Lipinski definition) is 1. The Hall–Kier alpha value is -3.49. The summed E-state index contributed by atoms with van der Waals surface area (Å²) in [7, 11) is 0. The van der Waals surface area contributed by atoms with Gasteiger partial charge in [0.25, 0.3) is 11.4 Å². The fraction of sp³-hybridized carbons (Fsp3) is 0.364. The molecule has 0 radical (unpaired) electrons. The molecule has 2 fully saturated rings. The second kappa shape index (κ2) is 11.8. The minimum Gasteiger partial charge on any atom is -0.469 e. The number of likely N-dealkylation sites (tertiary alicyclic amines) is 2. The average Bonchev–Trinajstić information content (AvgIpc) is 3.01. The van der Waals surface area contributed by atoms with Crippen molar-refractivity contribution in [1.29, 1.82) is 0 Å². The third-order valence-corrected chi connectivity index (χ3v) is 9.53. The largest absolute Gasteiger partial charge is 0.469 e. The summed E-state index contributed by atoms with van der Waals surface area (Å²) in [4.78, 5) is 22.6. The predicted molar refractivity (Wildman–Crippen MR) is 161 cm³/mol. The fourth-order valence-corrected chi connectivity index (χ4v) is 6.72. The highest BCUT2D eigenvalue weighted by molar-refractivity contribution is 9.10. The molecule has 4 heterocycles. The average molecular weight is 617 g/mol. The number of piperidine rings is 2. The highest BCUT2D eigenvalue weighted by Gasteiger charge is 2.40. The number of halogens is 1. The molecule has 1 atom stereocenters. The van der Waals surface area contributed by atoms with Gasteiger partial charge in [0.05, 0.1) is 10.9 Å². The van der Waals surface area contributed by atoms with Crippen molar-refractivity contribution < 1.29 is 19.5 Å². The van der Waals surface area contributed by atoms with E-state index >= 15 is 0 Å². The predicted octanol–water partition coefficient (Wildman–Crippen LogP) is 6.05. The van der Waals surface area contributed by atoms with Crippen molar-refractivity contribution in [1.82, 2.24) is 14.8 Å². The summed E-state index contributed by atoms with van der Waals surface area (Å²) >= 11 is 3.56. The van der Waals surface area contributed by atoms with E-state index in [1.165, 1.54) is 5.56 Å². The number of amides is 1.